The number of Topliss-reactive ketones (excluding diaryl/α,β-unsaturated/α-hetero) is 1. The lowest BCUT2D eigenvalue weighted by Gasteiger charge is -2.11. The van der Waals surface area contributed by atoms with Crippen LogP contribution >= 0.6 is 11.6 Å². The van der Waals surface area contributed by atoms with Crippen molar-refractivity contribution >= 4 is 17.4 Å². The first-order valence-corrected chi connectivity index (χ1v) is 7.00. The van der Waals surface area contributed by atoms with Crippen LogP contribution in [-0.4, -0.2) is 5.78 Å². The van der Waals surface area contributed by atoms with Crippen LogP contribution in [-0.2, 0) is 12.8 Å². The molecule has 0 N–H and O–H groups in total. The zero-order chi connectivity index (χ0) is 14.3. The molecule has 20 heavy (non-hydrogen) atoms. The number of hydrogen-bond donors (Lipinski definition) is 0. The summed E-state index contributed by atoms with van der Waals surface area (Å²) >= 11 is 6.03. The number of hydrogen-bond acceptors (Lipinski definition) is 1. The number of benzene rings is 2. The van der Waals surface area contributed by atoms with Gasteiger partial charge in [-0.3, -0.25) is 4.79 Å². The molecule has 0 aromatic heterocycles. The van der Waals surface area contributed by atoms with Crippen LogP contribution in [0.5, 0.6) is 0 Å². The Bertz CT molecular complexity index is 668. The van der Waals surface area contributed by atoms with E-state index in [4.69, 9.17) is 11.6 Å². The van der Waals surface area contributed by atoms with Gasteiger partial charge in [-0.25, -0.2) is 4.39 Å². The van der Waals surface area contributed by atoms with Crippen LogP contribution in [0.25, 0.3) is 0 Å². The molecule has 0 aliphatic heterocycles. The molecule has 3 rings (SSSR count). The predicted molar refractivity (Wildman–Crippen MR) is 77.8 cm³/mol. The highest BCUT2D eigenvalue weighted by Crippen LogP contribution is 2.31. The summed E-state index contributed by atoms with van der Waals surface area (Å²) in [6, 6.07) is 10.9. The maximum Gasteiger partial charge on any atom is 0.168 e. The van der Waals surface area contributed by atoms with Crippen molar-refractivity contribution in [2.75, 3.05) is 0 Å². The summed E-state index contributed by atoms with van der Waals surface area (Å²) in [5.74, 6) is -0.453. The fourth-order valence-electron chi connectivity index (χ4n) is 2.81. The number of carbonyl (C=O) groups excluding carboxylic acids is 1. The minimum Gasteiger partial charge on any atom is -0.294 e. The molecule has 2 aromatic rings. The molecule has 102 valence electrons. The van der Waals surface area contributed by atoms with Crippen molar-refractivity contribution in [3.63, 3.8) is 0 Å². The Morgan fingerprint density at radius 1 is 1.20 bits per heavy atom. The lowest BCUT2D eigenvalue weighted by Crippen LogP contribution is -2.16. The Hall–Kier alpha value is -1.67. The fraction of sp³-hybridized carbons (Fsp3) is 0.235. The van der Waals surface area contributed by atoms with Crippen molar-refractivity contribution < 1.29 is 9.18 Å². The maximum atomic E-state index is 13.4. The van der Waals surface area contributed by atoms with E-state index >= 15 is 0 Å². The molecular formula is C17H14ClFO. The van der Waals surface area contributed by atoms with E-state index in [0.29, 0.717) is 11.1 Å². The van der Waals surface area contributed by atoms with E-state index in [-0.39, 0.29) is 22.5 Å². The van der Waals surface area contributed by atoms with Gasteiger partial charge in [-0.2, -0.15) is 0 Å². The van der Waals surface area contributed by atoms with Gasteiger partial charge in [0.05, 0.1) is 5.02 Å². The molecule has 0 saturated carbocycles. The summed E-state index contributed by atoms with van der Waals surface area (Å²) in [4.78, 5) is 12.6. The van der Waals surface area contributed by atoms with Crippen LogP contribution in [0.2, 0.25) is 5.02 Å². The van der Waals surface area contributed by atoms with Crippen LogP contribution in [0, 0.1) is 18.7 Å². The summed E-state index contributed by atoms with van der Waals surface area (Å²) in [5, 5.41) is 0.203. The molecule has 0 unspecified atom stereocenters. The first kappa shape index (κ1) is 13.3. The van der Waals surface area contributed by atoms with Gasteiger partial charge in [0.25, 0.3) is 0 Å². The monoisotopic (exact) mass is 288 g/mol. The first-order chi connectivity index (χ1) is 9.56. The molecule has 0 heterocycles. The minimum absolute atomic E-state index is 0.00861. The van der Waals surface area contributed by atoms with Gasteiger partial charge in [0.2, 0.25) is 0 Å². The molecule has 0 radical (unpaired) electrons. The molecule has 0 atom stereocenters. The summed E-state index contributed by atoms with van der Waals surface area (Å²) < 4.78 is 13.4. The molecule has 0 spiro atoms. The zero-order valence-electron chi connectivity index (χ0n) is 11.1. The van der Waals surface area contributed by atoms with Crippen molar-refractivity contribution in [3.05, 3.63) is 69.5 Å². The smallest absolute Gasteiger partial charge is 0.168 e. The van der Waals surface area contributed by atoms with Crippen LogP contribution in [0.1, 0.15) is 27.0 Å². The Morgan fingerprint density at radius 3 is 2.40 bits per heavy atom. The van der Waals surface area contributed by atoms with E-state index in [1.807, 2.05) is 12.1 Å². The number of carbonyl (C=O) groups is 1. The van der Waals surface area contributed by atoms with Crippen molar-refractivity contribution in [2.45, 2.75) is 19.8 Å². The highest BCUT2D eigenvalue weighted by Gasteiger charge is 2.29. The van der Waals surface area contributed by atoms with E-state index < -0.39 is 0 Å². The van der Waals surface area contributed by atoms with Gasteiger partial charge in [0.1, 0.15) is 5.82 Å². The third-order valence-corrected chi connectivity index (χ3v) is 4.25. The summed E-state index contributed by atoms with van der Waals surface area (Å²) in [6.07, 6.45) is 1.48. The average molecular weight is 289 g/mol. The van der Waals surface area contributed by atoms with Crippen molar-refractivity contribution in [1.29, 1.82) is 0 Å². The second-order valence-corrected chi connectivity index (χ2v) is 5.73. The van der Waals surface area contributed by atoms with E-state index in [0.717, 1.165) is 12.8 Å². The Balaban J connectivity index is 1.90. The standard InChI is InChI=1S/C17H14ClFO/c1-10-6-14(15(18)9-16(10)19)17(20)13-7-11-4-2-3-5-12(11)8-13/h2-6,9,13H,7-8H2,1H3. The second kappa shape index (κ2) is 5.02. The van der Waals surface area contributed by atoms with Gasteiger partial charge in [-0.05, 0) is 48.6 Å². The van der Waals surface area contributed by atoms with Gasteiger partial charge in [-0.15, -0.1) is 0 Å². The van der Waals surface area contributed by atoms with Gasteiger partial charge >= 0.3 is 0 Å². The minimum atomic E-state index is -0.374. The summed E-state index contributed by atoms with van der Waals surface area (Å²) in [7, 11) is 0. The highest BCUT2D eigenvalue weighted by molar-refractivity contribution is 6.34. The quantitative estimate of drug-likeness (QED) is 0.749. The molecule has 1 aliphatic carbocycles. The fourth-order valence-corrected chi connectivity index (χ4v) is 3.05. The van der Waals surface area contributed by atoms with Gasteiger partial charge in [0, 0.05) is 11.5 Å². The Labute approximate surface area is 122 Å². The summed E-state index contributed by atoms with van der Waals surface area (Å²) in [5.41, 5.74) is 3.33. The second-order valence-electron chi connectivity index (χ2n) is 5.32. The molecule has 0 saturated heterocycles. The number of rotatable bonds is 2. The van der Waals surface area contributed by atoms with Crippen molar-refractivity contribution in [3.8, 4) is 0 Å². The Kier molecular flexibility index (Phi) is 3.35. The third kappa shape index (κ3) is 2.25. The van der Waals surface area contributed by atoms with Crippen LogP contribution < -0.4 is 0 Å². The number of halogens is 2. The molecule has 0 fully saturated rings. The van der Waals surface area contributed by atoms with Gasteiger partial charge in [-0.1, -0.05) is 35.9 Å². The normalized spacial score (nSPS) is 14.3. The molecule has 2 aromatic carbocycles. The number of aryl methyl sites for hydroxylation is 1. The molecule has 1 nitrogen and oxygen atoms in total. The summed E-state index contributed by atoms with van der Waals surface area (Å²) in [6.45, 7) is 1.64. The van der Waals surface area contributed by atoms with Crippen LogP contribution in [0.15, 0.2) is 36.4 Å². The van der Waals surface area contributed by atoms with Gasteiger partial charge in [0.15, 0.2) is 5.78 Å². The molecule has 0 amide bonds. The maximum absolute atomic E-state index is 13.4. The third-order valence-electron chi connectivity index (χ3n) is 3.94. The lowest BCUT2D eigenvalue weighted by atomic mass is 9.94. The van der Waals surface area contributed by atoms with E-state index in [1.165, 1.54) is 17.2 Å². The molecule has 1 aliphatic rings. The van der Waals surface area contributed by atoms with Gasteiger partial charge < -0.3 is 0 Å². The molecular weight excluding hydrogens is 275 g/mol. The lowest BCUT2D eigenvalue weighted by molar-refractivity contribution is 0.0925. The SMILES string of the molecule is Cc1cc(C(=O)C2Cc3ccccc3C2)c(Cl)cc1F. The van der Waals surface area contributed by atoms with Crippen molar-refractivity contribution in [1.82, 2.24) is 0 Å². The predicted octanol–water partition coefficient (Wildman–Crippen LogP) is 4.39. The van der Waals surface area contributed by atoms with Crippen molar-refractivity contribution in [2.24, 2.45) is 5.92 Å². The molecule has 0 bridgehead atoms. The average Bonchev–Trinajstić information content (AvgIpc) is 2.86. The first-order valence-electron chi connectivity index (χ1n) is 6.63. The van der Waals surface area contributed by atoms with E-state index in [2.05, 4.69) is 12.1 Å². The van der Waals surface area contributed by atoms with Crippen LogP contribution in [0.4, 0.5) is 4.39 Å². The number of fused-ring (bicyclic) bond motifs is 1. The topological polar surface area (TPSA) is 17.1 Å². The highest BCUT2D eigenvalue weighted by atomic mass is 35.5. The van der Waals surface area contributed by atoms with E-state index in [1.54, 1.807) is 13.0 Å². The van der Waals surface area contributed by atoms with E-state index in [9.17, 15) is 9.18 Å². The number of ketones is 1. The van der Waals surface area contributed by atoms with Crippen LogP contribution in [0.3, 0.4) is 0 Å². The Morgan fingerprint density at radius 2 is 1.80 bits per heavy atom. The largest absolute Gasteiger partial charge is 0.294 e. The zero-order valence-corrected chi connectivity index (χ0v) is 11.9. The molecule has 3 heteroatoms.